The summed E-state index contributed by atoms with van der Waals surface area (Å²) >= 11 is 0. The summed E-state index contributed by atoms with van der Waals surface area (Å²) in [4.78, 5) is 11.8. The van der Waals surface area contributed by atoms with Crippen LogP contribution in [-0.2, 0) is 11.0 Å². The van der Waals surface area contributed by atoms with Crippen LogP contribution in [-0.4, -0.2) is 15.7 Å². The van der Waals surface area contributed by atoms with Crippen LogP contribution >= 0.6 is 0 Å². The second kappa shape index (κ2) is 6.64. The summed E-state index contributed by atoms with van der Waals surface area (Å²) < 4.78 is 40.0. The number of anilines is 1. The lowest BCUT2D eigenvalue weighted by molar-refractivity contribution is -0.137. The Balaban J connectivity index is 2.35. The Morgan fingerprint density at radius 2 is 2.14 bits per heavy atom. The molecule has 0 spiro atoms. The number of hydrogen-bond donors (Lipinski definition) is 1. The molecule has 0 aliphatic carbocycles. The van der Waals surface area contributed by atoms with E-state index in [-0.39, 0.29) is 18.0 Å². The van der Waals surface area contributed by atoms with Crippen molar-refractivity contribution < 1.29 is 18.0 Å². The number of carbonyl (C=O) groups is 1. The highest BCUT2D eigenvalue weighted by molar-refractivity contribution is 5.93. The van der Waals surface area contributed by atoms with Gasteiger partial charge in [-0.1, -0.05) is 13.3 Å². The summed E-state index contributed by atoms with van der Waals surface area (Å²) in [7, 11) is 0. The maximum absolute atomic E-state index is 12.8. The quantitative estimate of drug-likeness (QED) is 0.906. The van der Waals surface area contributed by atoms with Crippen molar-refractivity contribution in [3.63, 3.8) is 0 Å². The van der Waals surface area contributed by atoms with E-state index in [2.05, 4.69) is 10.4 Å². The number of rotatable bonds is 5. The van der Waals surface area contributed by atoms with E-state index >= 15 is 0 Å². The van der Waals surface area contributed by atoms with Gasteiger partial charge in [-0.05, 0) is 30.7 Å². The van der Waals surface area contributed by atoms with Gasteiger partial charge in [-0.25, -0.2) is 4.68 Å². The van der Waals surface area contributed by atoms with Gasteiger partial charge in [0.15, 0.2) is 0 Å². The van der Waals surface area contributed by atoms with Crippen LogP contribution in [0, 0.1) is 0 Å². The lowest BCUT2D eigenvalue weighted by Crippen LogP contribution is -2.15. The molecular weight excluding hydrogens is 295 g/mol. The predicted molar refractivity (Wildman–Crippen MR) is 76.7 cm³/mol. The van der Waals surface area contributed by atoms with Crippen molar-refractivity contribution in [2.24, 2.45) is 0 Å². The van der Waals surface area contributed by atoms with Crippen molar-refractivity contribution >= 4 is 11.6 Å². The highest BCUT2D eigenvalue weighted by atomic mass is 19.4. The van der Waals surface area contributed by atoms with E-state index in [4.69, 9.17) is 0 Å². The highest BCUT2D eigenvalue weighted by Gasteiger charge is 2.31. The molecule has 0 radical (unpaired) electrons. The van der Waals surface area contributed by atoms with Gasteiger partial charge in [-0.2, -0.15) is 18.3 Å². The molecular formula is C15H16F3N3O. The number of carbonyl (C=O) groups excluding carboxylic acids is 1. The van der Waals surface area contributed by atoms with E-state index in [1.807, 2.05) is 6.92 Å². The Bertz CT molecular complexity index is 636. The van der Waals surface area contributed by atoms with Gasteiger partial charge in [0.1, 0.15) is 0 Å². The molecule has 2 rings (SSSR count). The van der Waals surface area contributed by atoms with Crippen molar-refractivity contribution in [1.29, 1.82) is 0 Å². The van der Waals surface area contributed by atoms with Crippen LogP contribution in [0.2, 0.25) is 0 Å². The van der Waals surface area contributed by atoms with E-state index in [0.717, 1.165) is 18.6 Å². The van der Waals surface area contributed by atoms with E-state index in [1.54, 1.807) is 12.3 Å². The smallest absolute Gasteiger partial charge is 0.324 e. The Labute approximate surface area is 125 Å². The minimum atomic E-state index is -4.47. The normalized spacial score (nSPS) is 11.5. The number of halogens is 3. The van der Waals surface area contributed by atoms with Crippen LogP contribution in [0.5, 0.6) is 0 Å². The van der Waals surface area contributed by atoms with E-state index in [0.29, 0.717) is 12.1 Å². The van der Waals surface area contributed by atoms with Gasteiger partial charge in [-0.3, -0.25) is 4.79 Å². The Kier molecular flexibility index (Phi) is 4.85. The molecule has 0 unspecified atom stereocenters. The minimum absolute atomic E-state index is 0.0969. The number of nitrogens with one attached hydrogen (secondary N) is 1. The zero-order valence-electron chi connectivity index (χ0n) is 12.0. The first-order valence-electron chi connectivity index (χ1n) is 6.93. The van der Waals surface area contributed by atoms with Crippen LogP contribution < -0.4 is 5.32 Å². The topological polar surface area (TPSA) is 46.9 Å². The first-order valence-corrected chi connectivity index (χ1v) is 6.93. The molecule has 0 saturated carbocycles. The molecule has 7 heteroatoms. The molecule has 1 N–H and O–H groups in total. The largest absolute Gasteiger partial charge is 0.416 e. The number of amides is 1. The van der Waals surface area contributed by atoms with Crippen molar-refractivity contribution in [3.8, 4) is 5.69 Å². The lowest BCUT2D eigenvalue weighted by atomic mass is 10.1. The summed E-state index contributed by atoms with van der Waals surface area (Å²) in [5.41, 5.74) is -0.323. The van der Waals surface area contributed by atoms with Crippen LogP contribution in [0.3, 0.4) is 0 Å². The SMILES string of the molecule is CCCCC(=O)Nc1cc(C(F)(F)F)ccc1-n1cccn1. The molecule has 0 aliphatic rings. The number of alkyl halides is 3. The molecule has 22 heavy (non-hydrogen) atoms. The standard InChI is InChI=1S/C15H16F3N3O/c1-2-3-5-14(22)20-12-10-11(15(16,17)18)6-7-13(12)21-9-4-8-19-21/h4,6-10H,2-3,5H2,1H3,(H,20,22). The number of benzene rings is 1. The maximum atomic E-state index is 12.8. The van der Waals surface area contributed by atoms with Crippen molar-refractivity contribution in [1.82, 2.24) is 9.78 Å². The fourth-order valence-corrected chi connectivity index (χ4v) is 1.97. The molecule has 1 heterocycles. The van der Waals surface area contributed by atoms with Crippen molar-refractivity contribution in [3.05, 3.63) is 42.2 Å². The molecule has 0 atom stereocenters. The molecule has 1 aromatic heterocycles. The molecule has 0 fully saturated rings. The van der Waals surface area contributed by atoms with Crippen LogP contribution in [0.15, 0.2) is 36.7 Å². The van der Waals surface area contributed by atoms with Crippen molar-refractivity contribution in [2.45, 2.75) is 32.4 Å². The van der Waals surface area contributed by atoms with Crippen LogP contribution in [0.1, 0.15) is 31.7 Å². The van der Waals surface area contributed by atoms with Gasteiger partial charge < -0.3 is 5.32 Å². The number of aromatic nitrogens is 2. The maximum Gasteiger partial charge on any atom is 0.416 e. The van der Waals surface area contributed by atoms with Crippen LogP contribution in [0.25, 0.3) is 5.69 Å². The number of nitrogens with zero attached hydrogens (tertiary/aromatic N) is 2. The van der Waals surface area contributed by atoms with Crippen molar-refractivity contribution in [2.75, 3.05) is 5.32 Å². The Morgan fingerprint density at radius 1 is 1.36 bits per heavy atom. The fraction of sp³-hybridized carbons (Fsp3) is 0.333. The first-order chi connectivity index (χ1) is 10.4. The van der Waals surface area contributed by atoms with E-state index < -0.39 is 11.7 Å². The van der Waals surface area contributed by atoms with E-state index in [1.165, 1.54) is 16.9 Å². The van der Waals surface area contributed by atoms with Gasteiger partial charge >= 0.3 is 6.18 Å². The minimum Gasteiger partial charge on any atom is -0.324 e. The third-order valence-corrected chi connectivity index (χ3v) is 3.11. The Morgan fingerprint density at radius 3 is 2.73 bits per heavy atom. The van der Waals surface area contributed by atoms with Crippen LogP contribution in [0.4, 0.5) is 18.9 Å². The first kappa shape index (κ1) is 16.1. The average Bonchev–Trinajstić information content (AvgIpc) is 2.98. The average molecular weight is 311 g/mol. The lowest BCUT2D eigenvalue weighted by Gasteiger charge is -2.14. The molecule has 1 aromatic carbocycles. The van der Waals surface area contributed by atoms with Gasteiger partial charge in [0, 0.05) is 18.8 Å². The summed E-state index contributed by atoms with van der Waals surface area (Å²) in [6, 6.07) is 4.85. The molecule has 0 aliphatic heterocycles. The second-order valence-corrected chi connectivity index (χ2v) is 4.83. The van der Waals surface area contributed by atoms with Gasteiger partial charge in [0.2, 0.25) is 5.91 Å². The predicted octanol–water partition coefficient (Wildman–Crippen LogP) is 4.02. The summed E-state index contributed by atoms with van der Waals surface area (Å²) in [6.07, 6.45) is 0.436. The molecule has 0 saturated heterocycles. The second-order valence-electron chi connectivity index (χ2n) is 4.83. The molecule has 4 nitrogen and oxygen atoms in total. The molecule has 118 valence electrons. The molecule has 2 aromatic rings. The molecule has 1 amide bonds. The highest BCUT2D eigenvalue weighted by Crippen LogP contribution is 2.33. The van der Waals surface area contributed by atoms with Gasteiger partial charge in [0.05, 0.1) is 16.9 Å². The zero-order valence-corrected chi connectivity index (χ0v) is 12.0. The monoisotopic (exact) mass is 311 g/mol. The molecule has 0 bridgehead atoms. The summed E-state index contributed by atoms with van der Waals surface area (Å²) in [6.45, 7) is 1.94. The third kappa shape index (κ3) is 3.87. The zero-order chi connectivity index (χ0) is 16.2. The third-order valence-electron chi connectivity index (χ3n) is 3.11. The summed E-state index contributed by atoms with van der Waals surface area (Å²) in [5, 5.41) is 6.54. The van der Waals surface area contributed by atoms with E-state index in [9.17, 15) is 18.0 Å². The fourth-order valence-electron chi connectivity index (χ4n) is 1.97. The van der Waals surface area contributed by atoms with Gasteiger partial charge in [0.25, 0.3) is 0 Å². The number of hydrogen-bond acceptors (Lipinski definition) is 2. The van der Waals surface area contributed by atoms with Gasteiger partial charge in [-0.15, -0.1) is 0 Å². The summed E-state index contributed by atoms with van der Waals surface area (Å²) in [5.74, 6) is -0.311. The Hall–Kier alpha value is -2.31. The number of unbranched alkanes of at least 4 members (excludes halogenated alkanes) is 1.